The highest BCUT2D eigenvalue weighted by atomic mass is 79.9. The molecule has 0 saturated carbocycles. The first-order valence-corrected chi connectivity index (χ1v) is 14.6. The van der Waals surface area contributed by atoms with E-state index in [1.807, 2.05) is 52.0 Å². The minimum atomic E-state index is -0.861. The SMILES string of the molecule is C=C[C@@H]1[C@@H](C)C[C@@H](C(=O)Nc2nc(Br)ccc2C)N1C(=O)Cn1nc(C(C)O)c2cc(-c3cnc(C)nc3)cc(C)c21. The van der Waals surface area contributed by atoms with Crippen LogP contribution >= 0.6 is 15.9 Å². The van der Waals surface area contributed by atoms with Crippen LogP contribution in [0.3, 0.4) is 0 Å². The zero-order valence-electron chi connectivity index (χ0n) is 24.3. The number of aryl methyl sites for hydroxylation is 3. The van der Waals surface area contributed by atoms with E-state index in [-0.39, 0.29) is 30.3 Å². The van der Waals surface area contributed by atoms with Crippen LogP contribution in [0.5, 0.6) is 0 Å². The Labute approximate surface area is 253 Å². The maximum Gasteiger partial charge on any atom is 0.248 e. The molecule has 4 heterocycles. The van der Waals surface area contributed by atoms with Crippen LogP contribution in [0, 0.1) is 26.7 Å². The molecule has 1 fully saturated rings. The molecule has 1 aliphatic rings. The van der Waals surface area contributed by atoms with Crippen molar-refractivity contribution in [3.8, 4) is 11.1 Å². The molecule has 4 atom stereocenters. The zero-order valence-corrected chi connectivity index (χ0v) is 25.9. The molecule has 10 nitrogen and oxygen atoms in total. The Morgan fingerprint density at radius 2 is 1.88 bits per heavy atom. The van der Waals surface area contributed by atoms with Crippen LogP contribution in [0.25, 0.3) is 22.0 Å². The van der Waals surface area contributed by atoms with Crippen molar-refractivity contribution in [2.75, 3.05) is 5.32 Å². The molecule has 1 unspecified atom stereocenters. The fourth-order valence-electron chi connectivity index (χ4n) is 5.73. The Kier molecular flexibility index (Phi) is 8.25. The molecule has 5 rings (SSSR count). The van der Waals surface area contributed by atoms with E-state index in [1.165, 1.54) is 0 Å². The summed E-state index contributed by atoms with van der Waals surface area (Å²) in [6.07, 6.45) is 4.88. The largest absolute Gasteiger partial charge is 0.387 e. The van der Waals surface area contributed by atoms with E-state index in [1.54, 1.807) is 35.0 Å². The lowest BCUT2D eigenvalue weighted by Crippen LogP contribution is -2.48. The summed E-state index contributed by atoms with van der Waals surface area (Å²) in [6.45, 7) is 13.2. The molecule has 0 aliphatic carbocycles. The van der Waals surface area contributed by atoms with Gasteiger partial charge in [-0.05, 0) is 90.9 Å². The Balaban J connectivity index is 1.49. The Morgan fingerprint density at radius 1 is 1.17 bits per heavy atom. The van der Waals surface area contributed by atoms with Gasteiger partial charge in [0.05, 0.1) is 23.4 Å². The van der Waals surface area contributed by atoms with Gasteiger partial charge in [0.15, 0.2) is 0 Å². The number of aliphatic hydroxyl groups excluding tert-OH is 1. The molecule has 3 aromatic heterocycles. The van der Waals surface area contributed by atoms with Gasteiger partial charge in [0, 0.05) is 23.3 Å². The van der Waals surface area contributed by atoms with Gasteiger partial charge in [0.25, 0.3) is 0 Å². The second-order valence-electron chi connectivity index (χ2n) is 11.0. The van der Waals surface area contributed by atoms with Gasteiger partial charge in [0.2, 0.25) is 11.8 Å². The molecule has 0 bridgehead atoms. The highest BCUT2D eigenvalue weighted by molar-refractivity contribution is 9.10. The van der Waals surface area contributed by atoms with E-state index in [2.05, 4.69) is 47.9 Å². The van der Waals surface area contributed by atoms with E-state index in [9.17, 15) is 14.7 Å². The van der Waals surface area contributed by atoms with E-state index in [0.717, 1.165) is 33.2 Å². The molecule has 1 aromatic carbocycles. The number of pyridine rings is 1. The molecule has 1 saturated heterocycles. The summed E-state index contributed by atoms with van der Waals surface area (Å²) in [7, 11) is 0. The van der Waals surface area contributed by atoms with Gasteiger partial charge < -0.3 is 15.3 Å². The Bertz CT molecular complexity index is 1680. The second-order valence-corrected chi connectivity index (χ2v) is 11.8. The number of hydrogen-bond donors (Lipinski definition) is 2. The van der Waals surface area contributed by atoms with Crippen molar-refractivity contribution < 1.29 is 14.7 Å². The van der Waals surface area contributed by atoms with Gasteiger partial charge in [-0.3, -0.25) is 14.3 Å². The molecule has 42 heavy (non-hydrogen) atoms. The molecule has 0 spiro atoms. The predicted octanol–water partition coefficient (Wildman–Crippen LogP) is 5.06. The third-order valence-corrected chi connectivity index (χ3v) is 8.27. The number of carbonyl (C=O) groups excluding carboxylic acids is 2. The maximum atomic E-state index is 14.0. The summed E-state index contributed by atoms with van der Waals surface area (Å²) in [5.74, 6) is 0.588. The second kappa shape index (κ2) is 11.7. The van der Waals surface area contributed by atoms with E-state index in [0.29, 0.717) is 28.4 Å². The number of nitrogens with one attached hydrogen (secondary N) is 1. The number of carbonyl (C=O) groups is 2. The van der Waals surface area contributed by atoms with Gasteiger partial charge >= 0.3 is 0 Å². The zero-order chi connectivity index (χ0) is 30.3. The van der Waals surface area contributed by atoms with Gasteiger partial charge in [-0.1, -0.05) is 19.1 Å². The smallest absolute Gasteiger partial charge is 0.248 e. The average molecular weight is 633 g/mol. The number of nitrogens with zero attached hydrogens (tertiary/aromatic N) is 6. The molecular formula is C31H34BrN7O3. The lowest BCUT2D eigenvalue weighted by atomic mass is 10.0. The summed E-state index contributed by atoms with van der Waals surface area (Å²) >= 11 is 3.36. The van der Waals surface area contributed by atoms with Crippen molar-refractivity contribution in [3.05, 3.63) is 76.6 Å². The number of halogens is 1. The number of rotatable bonds is 7. The lowest BCUT2D eigenvalue weighted by molar-refractivity contribution is -0.138. The molecule has 218 valence electrons. The van der Waals surface area contributed by atoms with Crippen LogP contribution in [-0.2, 0) is 16.1 Å². The maximum absolute atomic E-state index is 14.0. The van der Waals surface area contributed by atoms with Crippen LogP contribution in [0.15, 0.2) is 53.9 Å². The average Bonchev–Trinajstić information content (AvgIpc) is 3.48. The molecule has 11 heteroatoms. The van der Waals surface area contributed by atoms with Crippen molar-refractivity contribution in [3.63, 3.8) is 0 Å². The third-order valence-electron chi connectivity index (χ3n) is 7.83. The predicted molar refractivity (Wildman–Crippen MR) is 165 cm³/mol. The molecule has 4 aromatic rings. The van der Waals surface area contributed by atoms with Crippen LogP contribution in [-0.4, -0.2) is 58.6 Å². The lowest BCUT2D eigenvalue weighted by Gasteiger charge is -2.29. The number of aromatic nitrogens is 5. The van der Waals surface area contributed by atoms with Crippen molar-refractivity contribution in [1.29, 1.82) is 0 Å². The standard InChI is InChI=1S/C31H34BrN7O3/c1-7-24-17(3)11-25(31(42)36-30-16(2)8-9-26(32)35-30)39(24)27(41)15-38-29-18(4)10-21(22-13-33-20(6)34-14-22)12-23(29)28(37-38)19(5)40/h7-10,12-14,17,19,24-25,40H,1,11,15H2,2-6H3,(H,35,36,42)/t17-,19?,24+,25-/m0/s1. The Morgan fingerprint density at radius 3 is 2.55 bits per heavy atom. The molecule has 2 amide bonds. The van der Waals surface area contributed by atoms with E-state index in [4.69, 9.17) is 0 Å². The van der Waals surface area contributed by atoms with Crippen LogP contribution in [0.2, 0.25) is 0 Å². The van der Waals surface area contributed by atoms with Crippen LogP contribution in [0.4, 0.5) is 5.82 Å². The summed E-state index contributed by atoms with van der Waals surface area (Å²) in [4.78, 5) is 42.2. The highest BCUT2D eigenvalue weighted by Gasteiger charge is 2.44. The summed E-state index contributed by atoms with van der Waals surface area (Å²) in [5.41, 5.74) is 4.65. The fraction of sp³-hybridized carbons (Fsp3) is 0.355. The number of anilines is 1. The quantitative estimate of drug-likeness (QED) is 0.216. The fourth-order valence-corrected chi connectivity index (χ4v) is 6.04. The van der Waals surface area contributed by atoms with Gasteiger partial charge in [-0.15, -0.1) is 6.58 Å². The van der Waals surface area contributed by atoms with E-state index < -0.39 is 12.1 Å². The monoisotopic (exact) mass is 631 g/mol. The van der Waals surface area contributed by atoms with E-state index >= 15 is 0 Å². The summed E-state index contributed by atoms with van der Waals surface area (Å²) in [5, 5.41) is 19.0. The van der Waals surface area contributed by atoms with Crippen molar-refractivity contribution >= 4 is 44.5 Å². The first-order valence-electron chi connectivity index (χ1n) is 13.8. The minimum absolute atomic E-state index is 0.0298. The van der Waals surface area contributed by atoms with Crippen LogP contribution in [0.1, 0.15) is 49.0 Å². The topological polar surface area (TPSA) is 126 Å². The number of aliphatic hydroxyl groups is 1. The van der Waals surface area contributed by atoms with Crippen LogP contribution < -0.4 is 5.32 Å². The molecule has 2 N–H and O–H groups in total. The minimum Gasteiger partial charge on any atom is -0.387 e. The molecule has 0 radical (unpaired) electrons. The third kappa shape index (κ3) is 5.58. The van der Waals surface area contributed by atoms with Crippen molar-refractivity contribution in [1.82, 2.24) is 29.6 Å². The number of hydrogen-bond acceptors (Lipinski definition) is 7. The number of fused-ring (bicyclic) bond motifs is 1. The van der Waals surface area contributed by atoms with Gasteiger partial charge in [-0.2, -0.15) is 5.10 Å². The normalized spacial score (nSPS) is 19.2. The molecule has 1 aliphatic heterocycles. The first-order chi connectivity index (χ1) is 20.0. The Hall–Kier alpha value is -3.96. The van der Waals surface area contributed by atoms with Crippen molar-refractivity contribution in [2.45, 2.75) is 65.8 Å². The number of amides is 2. The summed E-state index contributed by atoms with van der Waals surface area (Å²) < 4.78 is 2.23. The highest BCUT2D eigenvalue weighted by Crippen LogP contribution is 2.34. The van der Waals surface area contributed by atoms with Crippen molar-refractivity contribution in [2.24, 2.45) is 5.92 Å². The van der Waals surface area contributed by atoms with Gasteiger partial charge in [-0.25, -0.2) is 15.0 Å². The number of benzene rings is 1. The molecular weight excluding hydrogens is 598 g/mol. The van der Waals surface area contributed by atoms with Gasteiger partial charge in [0.1, 0.15) is 28.8 Å². The number of likely N-dealkylation sites (tertiary alicyclic amines) is 1. The summed E-state index contributed by atoms with van der Waals surface area (Å²) in [6, 6.07) is 6.59. The first kappa shape index (κ1) is 29.5.